The van der Waals surface area contributed by atoms with Crippen molar-refractivity contribution in [3.63, 3.8) is 0 Å². The maximum absolute atomic E-state index is 13.3. The highest BCUT2D eigenvalue weighted by molar-refractivity contribution is 5.94. The van der Waals surface area contributed by atoms with Gasteiger partial charge in [0.1, 0.15) is 5.82 Å². The van der Waals surface area contributed by atoms with E-state index >= 15 is 0 Å². The first-order valence-corrected chi connectivity index (χ1v) is 10.7. The van der Waals surface area contributed by atoms with E-state index in [1.807, 2.05) is 56.0 Å². The normalized spacial score (nSPS) is 19.2. The average Bonchev–Trinajstić information content (AvgIpc) is 2.75. The summed E-state index contributed by atoms with van der Waals surface area (Å²) in [5.41, 5.74) is 2.53. The number of rotatable bonds is 6. The zero-order valence-electron chi connectivity index (χ0n) is 18.4. The van der Waals surface area contributed by atoms with Gasteiger partial charge in [-0.3, -0.25) is 4.79 Å². The monoisotopic (exact) mass is 426 g/mol. The molecule has 7 heteroatoms. The third-order valence-electron chi connectivity index (χ3n) is 5.02. The molecule has 0 aromatic heterocycles. The van der Waals surface area contributed by atoms with Crippen LogP contribution in [0.3, 0.4) is 0 Å². The lowest BCUT2D eigenvalue weighted by Gasteiger charge is -2.35. The zero-order chi connectivity index (χ0) is 22.2. The van der Waals surface area contributed by atoms with E-state index in [0.29, 0.717) is 37.7 Å². The topological polar surface area (TPSA) is 66.0 Å². The van der Waals surface area contributed by atoms with Gasteiger partial charge in [-0.2, -0.15) is 0 Å². The minimum atomic E-state index is -0.263. The lowest BCUT2D eigenvalue weighted by molar-refractivity contribution is -0.0586. The molecule has 2 aromatic carbocycles. The Bertz CT molecular complexity index is 891. The predicted octanol–water partition coefficient (Wildman–Crippen LogP) is 3.33. The number of guanidine groups is 1. The Hall–Kier alpha value is -2.93. The van der Waals surface area contributed by atoms with E-state index < -0.39 is 0 Å². The number of halogens is 1. The van der Waals surface area contributed by atoms with E-state index in [2.05, 4.69) is 15.6 Å². The van der Waals surface area contributed by atoms with Gasteiger partial charge in [-0.15, -0.1) is 0 Å². The summed E-state index contributed by atoms with van der Waals surface area (Å²) in [6.45, 7) is 8.86. The molecule has 0 bridgehead atoms. The van der Waals surface area contributed by atoms with Crippen LogP contribution in [0.4, 0.5) is 4.39 Å². The van der Waals surface area contributed by atoms with Crippen molar-refractivity contribution in [1.82, 2.24) is 15.5 Å². The standard InChI is InChI=1S/C24H31FN4O2/c1-4-26-24(28-14-20-6-5-7-22(25)12-20)27-13-19-8-10-21(11-9-19)23(30)29-15-17(2)31-18(3)16-29/h5-12,17-18H,4,13-16H2,1-3H3,(H2,26,27,28). The fourth-order valence-corrected chi connectivity index (χ4v) is 3.62. The Kier molecular flexibility index (Phi) is 8.00. The van der Waals surface area contributed by atoms with Crippen LogP contribution in [0.5, 0.6) is 0 Å². The summed E-state index contributed by atoms with van der Waals surface area (Å²) in [5.74, 6) is 0.427. The number of hydrogen-bond acceptors (Lipinski definition) is 3. The predicted molar refractivity (Wildman–Crippen MR) is 120 cm³/mol. The minimum absolute atomic E-state index is 0.0338. The first-order valence-electron chi connectivity index (χ1n) is 10.7. The number of morpholine rings is 1. The summed E-state index contributed by atoms with van der Waals surface area (Å²) < 4.78 is 19.1. The molecule has 3 rings (SSSR count). The summed E-state index contributed by atoms with van der Waals surface area (Å²) >= 11 is 0. The SMILES string of the molecule is CCNC(=NCc1cccc(F)c1)NCc1ccc(C(=O)N2CC(C)OC(C)C2)cc1. The number of hydrogen-bond donors (Lipinski definition) is 2. The summed E-state index contributed by atoms with van der Waals surface area (Å²) in [6, 6.07) is 14.1. The number of aliphatic imine (C=N–C) groups is 1. The summed E-state index contributed by atoms with van der Waals surface area (Å²) in [6.07, 6.45) is 0.0969. The van der Waals surface area contributed by atoms with Gasteiger partial charge in [0.15, 0.2) is 5.96 Å². The summed E-state index contributed by atoms with van der Waals surface area (Å²) in [5, 5.41) is 6.47. The van der Waals surface area contributed by atoms with Gasteiger partial charge in [-0.25, -0.2) is 9.38 Å². The Morgan fingerprint density at radius 2 is 1.81 bits per heavy atom. The second-order valence-electron chi connectivity index (χ2n) is 7.84. The highest BCUT2D eigenvalue weighted by atomic mass is 19.1. The van der Waals surface area contributed by atoms with E-state index in [0.717, 1.165) is 17.7 Å². The molecule has 2 atom stereocenters. The van der Waals surface area contributed by atoms with Crippen LogP contribution in [0.1, 0.15) is 42.3 Å². The molecule has 1 heterocycles. The number of ether oxygens (including phenoxy) is 1. The molecule has 2 N–H and O–H groups in total. The van der Waals surface area contributed by atoms with E-state index in [-0.39, 0.29) is 23.9 Å². The largest absolute Gasteiger partial charge is 0.372 e. The Balaban J connectivity index is 1.57. The van der Waals surface area contributed by atoms with Crippen LogP contribution in [0.2, 0.25) is 0 Å². The molecule has 1 fully saturated rings. The van der Waals surface area contributed by atoms with Gasteiger partial charge in [-0.1, -0.05) is 24.3 Å². The van der Waals surface area contributed by atoms with Crippen molar-refractivity contribution in [2.75, 3.05) is 19.6 Å². The minimum Gasteiger partial charge on any atom is -0.372 e. The lowest BCUT2D eigenvalue weighted by Crippen LogP contribution is -2.48. The molecule has 1 aliphatic rings. The first kappa shape index (κ1) is 22.7. The smallest absolute Gasteiger partial charge is 0.254 e. The number of carbonyl (C=O) groups is 1. The van der Waals surface area contributed by atoms with Gasteiger partial charge < -0.3 is 20.3 Å². The van der Waals surface area contributed by atoms with Crippen LogP contribution in [-0.2, 0) is 17.8 Å². The summed E-state index contributed by atoms with van der Waals surface area (Å²) in [4.78, 5) is 19.2. The van der Waals surface area contributed by atoms with Crippen LogP contribution in [0, 0.1) is 5.82 Å². The van der Waals surface area contributed by atoms with Gasteiger partial charge in [-0.05, 0) is 56.2 Å². The number of nitrogens with zero attached hydrogens (tertiary/aromatic N) is 2. The molecule has 0 aliphatic carbocycles. The van der Waals surface area contributed by atoms with Crippen molar-refractivity contribution in [2.45, 2.75) is 46.1 Å². The molecule has 2 aromatic rings. The maximum Gasteiger partial charge on any atom is 0.254 e. The van der Waals surface area contributed by atoms with Crippen molar-refractivity contribution in [3.05, 3.63) is 71.0 Å². The molecule has 6 nitrogen and oxygen atoms in total. The van der Waals surface area contributed by atoms with E-state index in [9.17, 15) is 9.18 Å². The molecule has 166 valence electrons. The molecule has 1 aliphatic heterocycles. The number of amides is 1. The van der Waals surface area contributed by atoms with Crippen LogP contribution in [0.25, 0.3) is 0 Å². The van der Waals surface area contributed by atoms with Crippen LogP contribution in [0.15, 0.2) is 53.5 Å². The highest BCUT2D eigenvalue weighted by Crippen LogP contribution is 2.15. The molecular weight excluding hydrogens is 395 g/mol. The highest BCUT2D eigenvalue weighted by Gasteiger charge is 2.26. The van der Waals surface area contributed by atoms with Gasteiger partial charge in [0.2, 0.25) is 0 Å². The van der Waals surface area contributed by atoms with Crippen molar-refractivity contribution in [1.29, 1.82) is 0 Å². The van der Waals surface area contributed by atoms with Crippen molar-refractivity contribution in [2.24, 2.45) is 4.99 Å². The molecule has 0 saturated carbocycles. The number of benzene rings is 2. The van der Waals surface area contributed by atoms with Crippen molar-refractivity contribution in [3.8, 4) is 0 Å². The fraction of sp³-hybridized carbons (Fsp3) is 0.417. The molecule has 0 spiro atoms. The molecule has 1 saturated heterocycles. The molecule has 2 unspecified atom stereocenters. The van der Waals surface area contributed by atoms with Gasteiger partial charge >= 0.3 is 0 Å². The second kappa shape index (κ2) is 10.9. The average molecular weight is 427 g/mol. The van der Waals surface area contributed by atoms with E-state index in [4.69, 9.17) is 4.74 Å². The zero-order valence-corrected chi connectivity index (χ0v) is 18.4. The molecule has 1 amide bonds. The maximum atomic E-state index is 13.3. The second-order valence-corrected chi connectivity index (χ2v) is 7.84. The molecular formula is C24H31FN4O2. The summed E-state index contributed by atoms with van der Waals surface area (Å²) in [7, 11) is 0. The quantitative estimate of drug-likeness (QED) is 0.549. The number of nitrogens with one attached hydrogen (secondary N) is 2. The van der Waals surface area contributed by atoms with Gasteiger partial charge in [0.25, 0.3) is 5.91 Å². The van der Waals surface area contributed by atoms with E-state index in [1.165, 1.54) is 12.1 Å². The van der Waals surface area contributed by atoms with Crippen LogP contribution >= 0.6 is 0 Å². The van der Waals surface area contributed by atoms with Crippen LogP contribution in [-0.4, -0.2) is 48.6 Å². The third-order valence-corrected chi connectivity index (χ3v) is 5.02. The Labute approximate surface area is 183 Å². The van der Waals surface area contributed by atoms with E-state index in [1.54, 1.807) is 6.07 Å². The third kappa shape index (κ3) is 6.79. The van der Waals surface area contributed by atoms with Gasteiger partial charge in [0.05, 0.1) is 18.8 Å². The number of carbonyl (C=O) groups excluding carboxylic acids is 1. The van der Waals surface area contributed by atoms with Gasteiger partial charge in [0, 0.05) is 31.7 Å². The fourth-order valence-electron chi connectivity index (χ4n) is 3.62. The van der Waals surface area contributed by atoms with Crippen molar-refractivity contribution >= 4 is 11.9 Å². The first-order chi connectivity index (χ1) is 14.9. The molecule has 0 radical (unpaired) electrons. The lowest BCUT2D eigenvalue weighted by atomic mass is 10.1. The Morgan fingerprint density at radius 1 is 1.10 bits per heavy atom. The van der Waals surface area contributed by atoms with Crippen LogP contribution < -0.4 is 10.6 Å². The molecule has 31 heavy (non-hydrogen) atoms. The Morgan fingerprint density at radius 3 is 2.45 bits per heavy atom. The van der Waals surface area contributed by atoms with Crippen molar-refractivity contribution < 1.29 is 13.9 Å².